The molecular formula is C40H30. The highest BCUT2D eigenvalue weighted by Gasteiger charge is 1.87. The highest BCUT2D eigenvalue weighted by molar-refractivity contribution is 5.71. The molecule has 0 saturated heterocycles. The van der Waals surface area contributed by atoms with Crippen LogP contribution in [0.25, 0.3) is 53.9 Å². The topological polar surface area (TPSA) is 0 Å². The van der Waals surface area contributed by atoms with E-state index in [1.807, 2.05) is 0 Å². The van der Waals surface area contributed by atoms with Gasteiger partial charge in [0, 0.05) is 0 Å². The third kappa shape index (κ3) is 6.81. The Morgan fingerprint density at radius 2 is 0.150 bits per heavy atom. The fraction of sp³-hybridized carbons (Fsp3) is 0. The molecule has 40 heavy (non-hydrogen) atoms. The van der Waals surface area contributed by atoms with Crippen LogP contribution in [0.4, 0.5) is 0 Å². The maximum Gasteiger partial charge on any atom is -0.0256 e. The second kappa shape index (κ2) is 12.1. The van der Waals surface area contributed by atoms with Gasteiger partial charge in [0.15, 0.2) is 0 Å². The molecule has 0 radical (unpaired) electrons. The molecule has 0 heteroatoms. The van der Waals surface area contributed by atoms with Crippen molar-refractivity contribution < 1.29 is 0 Å². The van der Waals surface area contributed by atoms with Crippen molar-refractivity contribution >= 4 is 53.9 Å². The van der Waals surface area contributed by atoms with E-state index in [9.17, 15) is 0 Å². The smallest absolute Gasteiger partial charge is 0.0256 e. The first-order valence-corrected chi connectivity index (χ1v) is 13.7. The van der Waals surface area contributed by atoms with Crippen molar-refractivity contribution in [3.8, 4) is 0 Å². The number of hydrogen-bond acceptors (Lipinski definition) is 0. The van der Waals surface area contributed by atoms with Gasteiger partial charge in [0.1, 0.15) is 0 Å². The van der Waals surface area contributed by atoms with Gasteiger partial charge in [0.05, 0.1) is 0 Å². The summed E-state index contributed by atoms with van der Waals surface area (Å²) in [6.45, 7) is 0. The number of benzene rings is 5. The Morgan fingerprint density at radius 3 is 0.200 bits per heavy atom. The van der Waals surface area contributed by atoms with Crippen LogP contribution in [0.1, 0.15) is 0 Å². The lowest BCUT2D eigenvalue weighted by Crippen LogP contribution is -1.67. The monoisotopic (exact) mass is 510 g/mol. The molecular weight excluding hydrogens is 480 g/mol. The Bertz CT molecular complexity index is 1470. The van der Waals surface area contributed by atoms with Gasteiger partial charge in [0.2, 0.25) is 0 Å². The van der Waals surface area contributed by atoms with E-state index in [1.165, 1.54) is 53.9 Å². The Balaban J connectivity index is 1.44. The minimum absolute atomic E-state index is 1.19. The summed E-state index contributed by atoms with van der Waals surface area (Å²) in [6, 6.07) is 64.8. The van der Waals surface area contributed by atoms with Crippen LogP contribution in [0.15, 0.2) is 182 Å². The lowest BCUT2D eigenvalue weighted by molar-refractivity contribution is 1.76. The average molecular weight is 511 g/mol. The van der Waals surface area contributed by atoms with Gasteiger partial charge < -0.3 is 0 Å². The summed E-state index contributed by atoms with van der Waals surface area (Å²) in [7, 11) is 0. The van der Waals surface area contributed by atoms with E-state index in [2.05, 4.69) is 182 Å². The van der Waals surface area contributed by atoms with Gasteiger partial charge in [-0.05, 0) is 53.9 Å². The van der Waals surface area contributed by atoms with Crippen LogP contribution in [-0.4, -0.2) is 0 Å². The van der Waals surface area contributed by atoms with Gasteiger partial charge in [-0.3, -0.25) is 0 Å². The molecule has 15 rings (SSSR count). The normalized spacial score (nSPS) is 10.5. The third-order valence-corrected chi connectivity index (χ3v) is 7.02. The maximum absolute atomic E-state index is 2.16. The van der Waals surface area contributed by atoms with Crippen molar-refractivity contribution in [3.05, 3.63) is 182 Å². The summed E-state index contributed by atoms with van der Waals surface area (Å²) < 4.78 is 0. The van der Waals surface area contributed by atoms with E-state index in [1.54, 1.807) is 0 Å². The van der Waals surface area contributed by atoms with Crippen molar-refractivity contribution in [2.75, 3.05) is 0 Å². The zero-order valence-electron chi connectivity index (χ0n) is 22.3. The summed E-state index contributed by atoms with van der Waals surface area (Å²) in [4.78, 5) is 0. The lowest BCUT2D eigenvalue weighted by Gasteiger charge is -1.92. The first-order chi connectivity index (χ1) is 19.7. The molecule has 0 unspecified atom stereocenters. The number of rotatable bonds is 0. The van der Waals surface area contributed by atoms with Crippen LogP contribution in [0.2, 0.25) is 0 Å². The van der Waals surface area contributed by atoms with Gasteiger partial charge in [-0.1, -0.05) is 182 Å². The van der Waals surface area contributed by atoms with Gasteiger partial charge in [-0.25, -0.2) is 0 Å². The van der Waals surface area contributed by atoms with Crippen LogP contribution in [-0.2, 0) is 0 Å². The summed E-state index contributed by atoms with van der Waals surface area (Å²) in [5, 5.41) is 11.9. The molecule has 0 aliphatic carbocycles. The van der Waals surface area contributed by atoms with Gasteiger partial charge >= 0.3 is 0 Å². The molecule has 0 atom stereocenters. The van der Waals surface area contributed by atoms with Gasteiger partial charge in [-0.2, -0.15) is 0 Å². The molecule has 0 N–H and O–H groups in total. The SMILES string of the molecule is c1cc2ccc1ccc1ccc(cc1)ccc1ccc(cc1)ccc1ccc(cc1)ccc1ccc(cc1)cc2. The summed E-state index contributed by atoms with van der Waals surface area (Å²) >= 11 is 0. The summed E-state index contributed by atoms with van der Waals surface area (Å²) in [6.07, 6.45) is 0. The zero-order valence-corrected chi connectivity index (χ0v) is 22.3. The van der Waals surface area contributed by atoms with E-state index >= 15 is 0 Å². The quantitative estimate of drug-likeness (QED) is 0.191. The van der Waals surface area contributed by atoms with Gasteiger partial charge in [-0.15, -0.1) is 0 Å². The van der Waals surface area contributed by atoms with E-state index in [0.717, 1.165) is 0 Å². The molecule has 0 aliphatic heterocycles. The third-order valence-electron chi connectivity index (χ3n) is 7.02. The molecule has 0 spiro atoms. The summed E-state index contributed by atoms with van der Waals surface area (Å²) in [5.74, 6) is 0. The number of hydrogen-bond donors (Lipinski definition) is 0. The molecule has 0 saturated carbocycles. The molecule has 15 aromatic rings. The van der Waals surface area contributed by atoms with E-state index in [4.69, 9.17) is 0 Å². The standard InChI is InChI=1S/C40H30/c1-2-32-4-3-31(1)21-22-33-5-7-35(8-6-33)25-26-37-13-15-39(16-14-37)29-30-40-19-17-38(18-20-40)28-27-36-11-9-34(10-12-36)24-23-32/h1-30H. The molecule has 0 aliphatic rings. The highest BCUT2D eigenvalue weighted by Crippen LogP contribution is 2.13. The lowest BCUT2D eigenvalue weighted by atomic mass is 10.1. The molecule has 190 valence electrons. The Morgan fingerprint density at radius 1 is 0.100 bits per heavy atom. The average Bonchev–Trinajstić information content (AvgIpc) is 3.02. The minimum Gasteiger partial charge on any atom is -0.0544 e. The van der Waals surface area contributed by atoms with E-state index in [-0.39, 0.29) is 0 Å². The van der Waals surface area contributed by atoms with Crippen molar-refractivity contribution in [3.63, 3.8) is 0 Å². The van der Waals surface area contributed by atoms with Crippen molar-refractivity contribution in [2.45, 2.75) is 0 Å². The molecule has 0 amide bonds. The first-order valence-electron chi connectivity index (χ1n) is 13.7. The van der Waals surface area contributed by atoms with Gasteiger partial charge in [0.25, 0.3) is 0 Å². The first kappa shape index (κ1) is 25.1. The Labute approximate surface area is 235 Å². The van der Waals surface area contributed by atoms with Crippen LogP contribution in [0, 0.1) is 0 Å². The minimum atomic E-state index is 1.19. The van der Waals surface area contributed by atoms with Crippen LogP contribution in [0.5, 0.6) is 0 Å². The second-order valence-corrected chi connectivity index (χ2v) is 10.00. The zero-order chi connectivity index (χ0) is 27.0. The molecule has 0 aromatic heterocycles. The molecule has 15 aromatic carbocycles. The fourth-order valence-electron chi connectivity index (χ4n) is 4.55. The van der Waals surface area contributed by atoms with E-state index in [0.29, 0.717) is 0 Å². The highest BCUT2D eigenvalue weighted by atomic mass is 13.9. The van der Waals surface area contributed by atoms with Crippen molar-refractivity contribution in [2.24, 2.45) is 0 Å². The van der Waals surface area contributed by atoms with Crippen LogP contribution in [0.3, 0.4) is 0 Å². The van der Waals surface area contributed by atoms with E-state index < -0.39 is 0 Å². The Hall–Kier alpha value is -5.20. The van der Waals surface area contributed by atoms with Crippen molar-refractivity contribution in [1.82, 2.24) is 0 Å². The fourth-order valence-corrected chi connectivity index (χ4v) is 4.55. The van der Waals surface area contributed by atoms with Crippen molar-refractivity contribution in [1.29, 1.82) is 0 Å². The predicted octanol–water partition coefficient (Wildman–Crippen LogP) is 11.4. The maximum atomic E-state index is 2.16. The molecule has 0 fully saturated rings. The van der Waals surface area contributed by atoms with Crippen LogP contribution < -0.4 is 0 Å². The Kier molecular flexibility index (Phi) is 7.60. The molecule has 0 heterocycles. The summed E-state index contributed by atoms with van der Waals surface area (Å²) in [5.41, 5.74) is 0. The largest absolute Gasteiger partial charge is 0.0544 e. The molecule has 0 nitrogen and oxygen atoms in total. The van der Waals surface area contributed by atoms with Crippen LogP contribution >= 0.6 is 0 Å². The molecule has 10 bridgehead atoms. The second-order valence-electron chi connectivity index (χ2n) is 10.00. The predicted molar refractivity (Wildman–Crippen MR) is 176 cm³/mol.